The number of carbonyl (C=O) groups is 1. The molecule has 164 valence electrons. The van der Waals surface area contributed by atoms with E-state index in [0.29, 0.717) is 23.9 Å². The van der Waals surface area contributed by atoms with Crippen LogP contribution in [0.2, 0.25) is 0 Å². The molecule has 4 saturated carbocycles. The second kappa shape index (κ2) is 7.73. The van der Waals surface area contributed by atoms with Crippen molar-refractivity contribution in [2.45, 2.75) is 44.9 Å². The average molecular weight is 430 g/mol. The summed E-state index contributed by atoms with van der Waals surface area (Å²) in [5.41, 5.74) is 1.05. The molecule has 7 nitrogen and oxygen atoms in total. The first-order chi connectivity index (χ1) is 15.6. The van der Waals surface area contributed by atoms with Gasteiger partial charge in [0.2, 0.25) is 11.8 Å². The predicted octanol–water partition coefficient (Wildman–Crippen LogP) is 5.00. The molecule has 2 aromatic heterocycles. The van der Waals surface area contributed by atoms with Crippen LogP contribution in [0.25, 0.3) is 5.82 Å². The van der Waals surface area contributed by atoms with Crippen LogP contribution in [0.4, 0.5) is 5.69 Å². The molecule has 4 fully saturated rings. The van der Waals surface area contributed by atoms with Gasteiger partial charge in [0.15, 0.2) is 5.82 Å². The first-order valence-corrected chi connectivity index (χ1v) is 11.5. The minimum absolute atomic E-state index is 0.140. The fourth-order valence-corrected chi connectivity index (χ4v) is 6.68. The number of ether oxygens (including phenoxy) is 1. The molecule has 4 aliphatic carbocycles. The number of benzene rings is 1. The van der Waals surface area contributed by atoms with E-state index in [0.717, 1.165) is 23.4 Å². The third kappa shape index (κ3) is 3.87. The minimum Gasteiger partial charge on any atom is -0.438 e. The van der Waals surface area contributed by atoms with E-state index in [1.807, 2.05) is 30.3 Å². The Kier molecular flexibility index (Phi) is 4.70. The third-order valence-electron chi connectivity index (χ3n) is 7.46. The lowest BCUT2D eigenvalue weighted by molar-refractivity contribution is -0.124. The highest BCUT2D eigenvalue weighted by Gasteiger charge is 2.51. The molecule has 1 N–H and O–H groups in total. The van der Waals surface area contributed by atoms with Gasteiger partial charge in [0.1, 0.15) is 12.1 Å². The molecule has 1 aromatic carbocycles. The topological polar surface area (TPSA) is 81.9 Å². The van der Waals surface area contributed by atoms with Crippen LogP contribution < -0.4 is 10.1 Å². The maximum Gasteiger partial charge on any atom is 0.238 e. The van der Waals surface area contributed by atoms with Gasteiger partial charge in [0.05, 0.1) is 0 Å². The fraction of sp³-hybridized carbons (Fsp3) is 0.440. The second-order valence-electron chi connectivity index (χ2n) is 9.97. The Labute approximate surface area is 187 Å². The lowest BCUT2D eigenvalue weighted by atomic mass is 9.49. The number of anilines is 1. The zero-order valence-electron chi connectivity index (χ0n) is 18.0. The maximum atomic E-state index is 12.8. The van der Waals surface area contributed by atoms with Crippen LogP contribution in [0.3, 0.4) is 0 Å². The van der Waals surface area contributed by atoms with Gasteiger partial charge >= 0.3 is 0 Å². The molecule has 4 aliphatic rings. The quantitative estimate of drug-likeness (QED) is 0.596. The molecule has 7 rings (SSSR count). The number of aromatic nitrogens is 4. The van der Waals surface area contributed by atoms with Gasteiger partial charge in [0.25, 0.3) is 0 Å². The minimum atomic E-state index is 0.140. The van der Waals surface area contributed by atoms with E-state index in [1.165, 1.54) is 38.5 Å². The molecular formula is C25H27N5O2. The summed E-state index contributed by atoms with van der Waals surface area (Å²) in [5.74, 6) is 4.46. The number of nitrogens with zero attached hydrogens (tertiary/aromatic N) is 4. The number of nitrogens with one attached hydrogen (secondary N) is 1. The van der Waals surface area contributed by atoms with Crippen molar-refractivity contribution in [3.05, 3.63) is 55.1 Å². The molecule has 3 aromatic rings. The Morgan fingerprint density at radius 1 is 1.00 bits per heavy atom. The second-order valence-corrected chi connectivity index (χ2v) is 9.97. The molecule has 0 saturated heterocycles. The molecule has 0 aliphatic heterocycles. The van der Waals surface area contributed by atoms with Crippen LogP contribution in [-0.4, -0.2) is 25.7 Å². The van der Waals surface area contributed by atoms with Crippen molar-refractivity contribution in [3.63, 3.8) is 0 Å². The van der Waals surface area contributed by atoms with Gasteiger partial charge in [-0.3, -0.25) is 9.36 Å². The number of imidazole rings is 1. The van der Waals surface area contributed by atoms with Gasteiger partial charge in [-0.15, -0.1) is 10.2 Å². The van der Waals surface area contributed by atoms with E-state index < -0.39 is 0 Å². The number of rotatable bonds is 6. The molecule has 0 unspecified atom stereocenters. The lowest BCUT2D eigenvalue weighted by Crippen LogP contribution is -2.47. The van der Waals surface area contributed by atoms with E-state index in [9.17, 15) is 4.79 Å². The van der Waals surface area contributed by atoms with Gasteiger partial charge < -0.3 is 10.1 Å². The van der Waals surface area contributed by atoms with Crippen molar-refractivity contribution < 1.29 is 9.53 Å². The molecule has 2 heterocycles. The summed E-state index contributed by atoms with van der Waals surface area (Å²) in [6, 6.07) is 11.0. The largest absolute Gasteiger partial charge is 0.438 e. The van der Waals surface area contributed by atoms with Crippen molar-refractivity contribution in [3.8, 4) is 17.4 Å². The van der Waals surface area contributed by atoms with E-state index in [2.05, 4.69) is 20.5 Å². The number of hydrogen-bond acceptors (Lipinski definition) is 5. The number of carbonyl (C=O) groups excluding carboxylic acids is 1. The summed E-state index contributed by atoms with van der Waals surface area (Å²) in [6.45, 7) is 0. The molecule has 0 atom stereocenters. The van der Waals surface area contributed by atoms with Gasteiger partial charge in [-0.25, -0.2) is 4.98 Å². The average Bonchev–Trinajstić information content (AvgIpc) is 3.29. The Balaban J connectivity index is 1.06. The van der Waals surface area contributed by atoms with Crippen LogP contribution in [0.1, 0.15) is 44.9 Å². The summed E-state index contributed by atoms with van der Waals surface area (Å²) < 4.78 is 7.57. The highest BCUT2D eigenvalue weighted by molar-refractivity contribution is 5.91. The van der Waals surface area contributed by atoms with Gasteiger partial charge in [-0.1, -0.05) is 0 Å². The fourth-order valence-electron chi connectivity index (χ4n) is 6.68. The van der Waals surface area contributed by atoms with Crippen molar-refractivity contribution in [2.24, 2.45) is 23.2 Å². The molecule has 4 bridgehead atoms. The van der Waals surface area contributed by atoms with Crippen molar-refractivity contribution in [1.29, 1.82) is 0 Å². The van der Waals surface area contributed by atoms with Crippen LogP contribution in [0.5, 0.6) is 11.6 Å². The van der Waals surface area contributed by atoms with Crippen molar-refractivity contribution in [1.82, 2.24) is 19.7 Å². The van der Waals surface area contributed by atoms with Gasteiger partial charge in [0, 0.05) is 30.6 Å². The van der Waals surface area contributed by atoms with Crippen molar-refractivity contribution >= 4 is 11.6 Å². The molecule has 0 spiro atoms. The molecular weight excluding hydrogens is 402 g/mol. The Morgan fingerprint density at radius 2 is 1.72 bits per heavy atom. The van der Waals surface area contributed by atoms with E-state index in [4.69, 9.17) is 4.74 Å². The third-order valence-corrected chi connectivity index (χ3v) is 7.46. The predicted molar refractivity (Wildman–Crippen MR) is 120 cm³/mol. The highest BCUT2D eigenvalue weighted by atomic mass is 16.5. The van der Waals surface area contributed by atoms with Crippen LogP contribution >= 0.6 is 0 Å². The highest BCUT2D eigenvalue weighted by Crippen LogP contribution is 2.61. The van der Waals surface area contributed by atoms with Crippen LogP contribution in [-0.2, 0) is 4.79 Å². The summed E-state index contributed by atoms with van der Waals surface area (Å²) in [4.78, 5) is 16.8. The smallest absolute Gasteiger partial charge is 0.238 e. The summed E-state index contributed by atoms with van der Waals surface area (Å²) in [7, 11) is 0. The first-order valence-electron chi connectivity index (χ1n) is 11.5. The zero-order valence-corrected chi connectivity index (χ0v) is 18.0. The standard InChI is InChI=1S/C25H27N5O2/c31-23(15-25-12-17-9-18(13-25)11-19(10-17)14-25)27-20-1-3-21(4-2-20)32-24-6-5-22(28-29-24)30-8-7-26-16-30/h1-8,16-19H,9-15H2,(H,27,31). The SMILES string of the molecule is O=C(CC12CC3CC(CC(C3)C1)C2)Nc1ccc(Oc2ccc(-n3ccnc3)nn2)cc1. The zero-order chi connectivity index (χ0) is 21.5. The van der Waals surface area contributed by atoms with Crippen LogP contribution in [0, 0.1) is 23.2 Å². The number of amides is 1. The monoisotopic (exact) mass is 429 g/mol. The van der Waals surface area contributed by atoms with Gasteiger partial charge in [-0.2, -0.15) is 0 Å². The van der Waals surface area contributed by atoms with E-state index in [1.54, 1.807) is 29.4 Å². The Bertz CT molecular complexity index is 1060. The van der Waals surface area contributed by atoms with Crippen LogP contribution in [0.15, 0.2) is 55.1 Å². The van der Waals surface area contributed by atoms with Gasteiger partial charge in [-0.05, 0) is 92.0 Å². The first kappa shape index (κ1) is 19.5. The van der Waals surface area contributed by atoms with E-state index >= 15 is 0 Å². The molecule has 1 amide bonds. The molecule has 7 heteroatoms. The Morgan fingerprint density at radius 3 is 2.31 bits per heavy atom. The summed E-state index contributed by atoms with van der Waals surface area (Å²) in [5, 5.41) is 11.4. The molecule has 0 radical (unpaired) electrons. The van der Waals surface area contributed by atoms with E-state index in [-0.39, 0.29) is 11.3 Å². The lowest BCUT2D eigenvalue weighted by Gasteiger charge is -2.56. The normalized spacial score (nSPS) is 27.9. The maximum absolute atomic E-state index is 12.8. The van der Waals surface area contributed by atoms with Crippen molar-refractivity contribution in [2.75, 3.05) is 5.32 Å². The summed E-state index contributed by atoms with van der Waals surface area (Å²) in [6.07, 6.45) is 13.8. The summed E-state index contributed by atoms with van der Waals surface area (Å²) >= 11 is 0. The number of hydrogen-bond donors (Lipinski definition) is 1. The molecule has 32 heavy (non-hydrogen) atoms. The Hall–Kier alpha value is -3.22.